The first-order valence-corrected chi connectivity index (χ1v) is 6.13. The molecule has 1 heterocycles. The number of ether oxygens (including phenoxy) is 1. The maximum Gasteiger partial charge on any atom is 0.157 e. The number of hydrogen-bond donors (Lipinski definition) is 1. The van der Waals surface area contributed by atoms with E-state index in [9.17, 15) is 4.39 Å². The summed E-state index contributed by atoms with van der Waals surface area (Å²) < 4.78 is 19.1. The van der Waals surface area contributed by atoms with E-state index in [4.69, 9.17) is 10.5 Å². The lowest BCUT2D eigenvalue weighted by molar-refractivity contribution is 0.305. The highest BCUT2D eigenvalue weighted by molar-refractivity contribution is 9.10. The highest BCUT2D eigenvalue weighted by Crippen LogP contribution is 2.32. The Hall–Kier alpha value is -1.62. The largest absolute Gasteiger partial charge is 0.485 e. The summed E-state index contributed by atoms with van der Waals surface area (Å²) in [5.74, 6) is 0.0434. The van der Waals surface area contributed by atoms with Gasteiger partial charge in [0.25, 0.3) is 0 Å². The van der Waals surface area contributed by atoms with Crippen molar-refractivity contribution in [2.24, 2.45) is 0 Å². The molecule has 0 spiro atoms. The van der Waals surface area contributed by atoms with E-state index in [2.05, 4.69) is 20.9 Å². The van der Waals surface area contributed by atoms with Gasteiger partial charge >= 0.3 is 0 Å². The maximum absolute atomic E-state index is 13.0. The van der Waals surface area contributed by atoms with E-state index in [0.717, 1.165) is 11.1 Å². The molecule has 1 aromatic carbocycles. The number of nitrogens with two attached hydrogens (primary N) is 1. The van der Waals surface area contributed by atoms with Gasteiger partial charge in [0.1, 0.15) is 12.4 Å². The summed E-state index contributed by atoms with van der Waals surface area (Å²) in [6.45, 7) is 2.29. The molecule has 18 heavy (non-hydrogen) atoms. The lowest BCUT2D eigenvalue weighted by Gasteiger charge is -2.11. The number of halogens is 2. The van der Waals surface area contributed by atoms with Crippen LogP contribution in [0.5, 0.6) is 5.75 Å². The molecule has 0 atom stereocenters. The zero-order valence-corrected chi connectivity index (χ0v) is 11.4. The second-order valence-corrected chi connectivity index (χ2v) is 4.82. The lowest BCUT2D eigenvalue weighted by atomic mass is 10.2. The van der Waals surface area contributed by atoms with Crippen LogP contribution >= 0.6 is 15.9 Å². The number of nitrogens with zero attached hydrogens (tertiary/aromatic N) is 1. The SMILES string of the molecule is Cc1cncc(COc2c(N)cc(F)cc2Br)c1. The number of benzene rings is 1. The van der Waals surface area contributed by atoms with E-state index in [-0.39, 0.29) is 5.69 Å². The number of anilines is 1. The second-order valence-electron chi connectivity index (χ2n) is 3.97. The Morgan fingerprint density at radius 3 is 2.78 bits per heavy atom. The molecule has 0 aliphatic heterocycles. The molecule has 5 heteroatoms. The number of rotatable bonds is 3. The summed E-state index contributed by atoms with van der Waals surface area (Å²) in [5.41, 5.74) is 7.97. The molecule has 0 unspecified atom stereocenters. The van der Waals surface area contributed by atoms with Crippen molar-refractivity contribution in [2.75, 3.05) is 5.73 Å². The fraction of sp³-hybridized carbons (Fsp3) is 0.154. The summed E-state index contributed by atoms with van der Waals surface area (Å²) >= 11 is 3.23. The quantitative estimate of drug-likeness (QED) is 0.883. The number of pyridine rings is 1. The van der Waals surface area contributed by atoms with Gasteiger partial charge in [-0.05, 0) is 40.5 Å². The molecule has 0 amide bonds. The maximum atomic E-state index is 13.0. The summed E-state index contributed by atoms with van der Waals surface area (Å²) in [6, 6.07) is 4.52. The third-order valence-corrected chi connectivity index (χ3v) is 2.94. The van der Waals surface area contributed by atoms with Gasteiger partial charge in [0.2, 0.25) is 0 Å². The van der Waals surface area contributed by atoms with Gasteiger partial charge in [-0.1, -0.05) is 0 Å². The van der Waals surface area contributed by atoms with Crippen molar-refractivity contribution in [3.05, 3.63) is 52.0 Å². The van der Waals surface area contributed by atoms with Crippen LogP contribution in [0.1, 0.15) is 11.1 Å². The molecule has 94 valence electrons. The Morgan fingerprint density at radius 2 is 2.11 bits per heavy atom. The average Bonchev–Trinajstić information content (AvgIpc) is 2.27. The Labute approximate surface area is 113 Å². The topological polar surface area (TPSA) is 48.1 Å². The lowest BCUT2D eigenvalue weighted by Crippen LogP contribution is -2.01. The molecule has 3 nitrogen and oxygen atoms in total. The Balaban J connectivity index is 2.16. The molecule has 2 rings (SSSR count). The normalized spacial score (nSPS) is 10.4. The summed E-state index contributed by atoms with van der Waals surface area (Å²) in [7, 11) is 0. The first-order valence-electron chi connectivity index (χ1n) is 5.34. The van der Waals surface area contributed by atoms with Crippen molar-refractivity contribution >= 4 is 21.6 Å². The van der Waals surface area contributed by atoms with Gasteiger partial charge < -0.3 is 10.5 Å². The third-order valence-electron chi connectivity index (χ3n) is 2.35. The number of aromatic nitrogens is 1. The first kappa shape index (κ1) is 12.8. The Kier molecular flexibility index (Phi) is 3.81. The van der Waals surface area contributed by atoms with Gasteiger partial charge in [0.05, 0.1) is 10.2 Å². The molecule has 2 aromatic rings. The average molecular weight is 311 g/mol. The Morgan fingerprint density at radius 1 is 1.33 bits per heavy atom. The molecule has 0 radical (unpaired) electrons. The number of aryl methyl sites for hydroxylation is 1. The zero-order valence-electron chi connectivity index (χ0n) is 9.78. The highest BCUT2D eigenvalue weighted by atomic mass is 79.9. The van der Waals surface area contributed by atoms with Crippen LogP contribution in [0.2, 0.25) is 0 Å². The molecule has 0 saturated heterocycles. The molecule has 0 fully saturated rings. The van der Waals surface area contributed by atoms with Crippen LogP contribution < -0.4 is 10.5 Å². The fourth-order valence-electron chi connectivity index (χ4n) is 1.58. The van der Waals surface area contributed by atoms with Crippen LogP contribution in [0.25, 0.3) is 0 Å². The predicted molar refractivity (Wildman–Crippen MR) is 71.8 cm³/mol. The van der Waals surface area contributed by atoms with Crippen molar-refractivity contribution in [1.82, 2.24) is 4.98 Å². The standard InChI is InChI=1S/C13H12BrFN2O/c1-8-2-9(6-17-5-8)7-18-13-11(14)3-10(15)4-12(13)16/h2-6H,7,16H2,1H3. The van der Waals surface area contributed by atoms with E-state index in [1.54, 1.807) is 12.4 Å². The molecule has 1 aromatic heterocycles. The van der Waals surface area contributed by atoms with E-state index in [0.29, 0.717) is 16.8 Å². The number of nitrogen functional groups attached to an aromatic ring is 1. The molecular formula is C13H12BrFN2O. The van der Waals surface area contributed by atoms with Crippen LogP contribution in [-0.4, -0.2) is 4.98 Å². The summed E-state index contributed by atoms with van der Waals surface area (Å²) in [5, 5.41) is 0. The molecule has 0 aliphatic rings. The van der Waals surface area contributed by atoms with Crippen LogP contribution in [0.3, 0.4) is 0 Å². The van der Waals surface area contributed by atoms with Crippen LogP contribution in [0, 0.1) is 12.7 Å². The molecule has 0 aliphatic carbocycles. The van der Waals surface area contributed by atoms with E-state index < -0.39 is 5.82 Å². The Bertz CT molecular complexity index is 552. The minimum Gasteiger partial charge on any atom is -0.485 e. The monoisotopic (exact) mass is 310 g/mol. The molecule has 0 bridgehead atoms. The smallest absolute Gasteiger partial charge is 0.157 e. The van der Waals surface area contributed by atoms with Crippen molar-refractivity contribution in [3.8, 4) is 5.75 Å². The van der Waals surface area contributed by atoms with Gasteiger partial charge in [-0.15, -0.1) is 0 Å². The van der Waals surface area contributed by atoms with Gasteiger partial charge in [-0.25, -0.2) is 4.39 Å². The van der Waals surface area contributed by atoms with Crippen molar-refractivity contribution in [3.63, 3.8) is 0 Å². The highest BCUT2D eigenvalue weighted by Gasteiger charge is 2.09. The molecule has 2 N–H and O–H groups in total. The van der Waals surface area contributed by atoms with Crippen molar-refractivity contribution in [1.29, 1.82) is 0 Å². The summed E-state index contributed by atoms with van der Waals surface area (Å²) in [4.78, 5) is 4.07. The minimum absolute atomic E-state index is 0.266. The molecular weight excluding hydrogens is 299 g/mol. The van der Waals surface area contributed by atoms with E-state index in [1.165, 1.54) is 12.1 Å². The van der Waals surface area contributed by atoms with Gasteiger partial charge in [-0.3, -0.25) is 4.98 Å². The minimum atomic E-state index is -0.399. The van der Waals surface area contributed by atoms with Crippen LogP contribution in [0.15, 0.2) is 35.1 Å². The van der Waals surface area contributed by atoms with E-state index in [1.807, 2.05) is 13.0 Å². The first-order chi connectivity index (χ1) is 8.56. The number of hydrogen-bond acceptors (Lipinski definition) is 3. The van der Waals surface area contributed by atoms with E-state index >= 15 is 0 Å². The fourth-order valence-corrected chi connectivity index (χ4v) is 2.15. The van der Waals surface area contributed by atoms with Gasteiger partial charge in [0, 0.05) is 24.0 Å². The predicted octanol–water partition coefficient (Wildman–Crippen LogP) is 3.45. The van der Waals surface area contributed by atoms with Crippen molar-refractivity contribution in [2.45, 2.75) is 13.5 Å². The second kappa shape index (κ2) is 5.35. The van der Waals surface area contributed by atoms with Crippen molar-refractivity contribution < 1.29 is 9.13 Å². The van der Waals surface area contributed by atoms with Gasteiger partial charge in [0.15, 0.2) is 5.75 Å². The van der Waals surface area contributed by atoms with Gasteiger partial charge in [-0.2, -0.15) is 0 Å². The zero-order chi connectivity index (χ0) is 13.1. The molecule has 0 saturated carbocycles. The summed E-state index contributed by atoms with van der Waals surface area (Å²) in [6.07, 6.45) is 3.49. The van der Waals surface area contributed by atoms with Crippen LogP contribution in [0.4, 0.5) is 10.1 Å². The third kappa shape index (κ3) is 2.98. The van der Waals surface area contributed by atoms with Crippen LogP contribution in [-0.2, 0) is 6.61 Å².